The highest BCUT2D eigenvalue weighted by molar-refractivity contribution is 7.92. The monoisotopic (exact) mass is 514 g/mol. The SMILES string of the molecule is Cc1ccc(N(CC(=O)N/N=C\c2ccc(OCC(=O)NC3CCCCC3)cc2)S(C)(=O)=O)c(C)c1. The molecule has 2 amide bonds. The average molecular weight is 515 g/mol. The molecule has 0 unspecified atom stereocenters. The van der Waals surface area contributed by atoms with Crippen molar-refractivity contribution in [3.63, 3.8) is 0 Å². The molecule has 194 valence electrons. The molecule has 3 rings (SSSR count). The van der Waals surface area contributed by atoms with E-state index in [-0.39, 0.29) is 18.6 Å². The van der Waals surface area contributed by atoms with Gasteiger partial charge in [-0.1, -0.05) is 37.0 Å². The number of aryl methyl sites for hydroxylation is 2. The van der Waals surface area contributed by atoms with E-state index < -0.39 is 22.5 Å². The Bertz CT molecular complexity index is 1190. The number of sulfonamides is 1. The van der Waals surface area contributed by atoms with Crippen LogP contribution in [0.1, 0.15) is 48.8 Å². The molecule has 0 aromatic heterocycles. The van der Waals surface area contributed by atoms with Gasteiger partial charge in [-0.3, -0.25) is 13.9 Å². The van der Waals surface area contributed by atoms with Crippen LogP contribution in [0.3, 0.4) is 0 Å². The quantitative estimate of drug-likeness (QED) is 0.373. The molecule has 0 radical (unpaired) electrons. The Kier molecular flexibility index (Phi) is 9.46. The minimum Gasteiger partial charge on any atom is -0.484 e. The van der Waals surface area contributed by atoms with E-state index >= 15 is 0 Å². The predicted molar refractivity (Wildman–Crippen MR) is 141 cm³/mol. The van der Waals surface area contributed by atoms with Gasteiger partial charge in [0.05, 0.1) is 18.2 Å². The summed E-state index contributed by atoms with van der Waals surface area (Å²) in [5, 5.41) is 6.94. The number of anilines is 1. The summed E-state index contributed by atoms with van der Waals surface area (Å²) in [6, 6.07) is 12.5. The van der Waals surface area contributed by atoms with Crippen LogP contribution in [0.4, 0.5) is 5.69 Å². The molecule has 2 aromatic rings. The molecule has 0 spiro atoms. The predicted octanol–water partition coefficient (Wildman–Crippen LogP) is 3.05. The third-order valence-electron chi connectivity index (χ3n) is 5.93. The van der Waals surface area contributed by atoms with Gasteiger partial charge in [0.2, 0.25) is 10.0 Å². The first-order valence-corrected chi connectivity index (χ1v) is 13.9. The molecule has 0 aliphatic heterocycles. The van der Waals surface area contributed by atoms with Gasteiger partial charge in [0.25, 0.3) is 11.8 Å². The Hall–Kier alpha value is -3.40. The lowest BCUT2D eigenvalue weighted by Gasteiger charge is -2.23. The van der Waals surface area contributed by atoms with E-state index in [1.807, 2.05) is 13.0 Å². The zero-order valence-electron chi connectivity index (χ0n) is 21.0. The first kappa shape index (κ1) is 27.2. The number of rotatable bonds is 10. The number of nitrogens with zero attached hydrogens (tertiary/aromatic N) is 2. The summed E-state index contributed by atoms with van der Waals surface area (Å²) in [4.78, 5) is 24.5. The molecule has 1 fully saturated rings. The molecule has 36 heavy (non-hydrogen) atoms. The number of nitrogens with one attached hydrogen (secondary N) is 2. The summed E-state index contributed by atoms with van der Waals surface area (Å²) in [6.45, 7) is 3.27. The van der Waals surface area contributed by atoms with E-state index in [1.54, 1.807) is 43.3 Å². The minimum absolute atomic E-state index is 0.0444. The van der Waals surface area contributed by atoms with Crippen molar-refractivity contribution in [1.82, 2.24) is 10.7 Å². The maximum atomic E-state index is 12.4. The Morgan fingerprint density at radius 1 is 1.06 bits per heavy atom. The summed E-state index contributed by atoms with van der Waals surface area (Å²) in [7, 11) is -3.67. The number of hydrogen-bond acceptors (Lipinski definition) is 6. The van der Waals surface area contributed by atoms with Gasteiger partial charge in [0, 0.05) is 6.04 Å². The lowest BCUT2D eigenvalue weighted by atomic mass is 9.95. The largest absolute Gasteiger partial charge is 0.484 e. The molecule has 0 bridgehead atoms. The van der Waals surface area contributed by atoms with Gasteiger partial charge in [-0.25, -0.2) is 13.8 Å². The number of amides is 2. The van der Waals surface area contributed by atoms with Gasteiger partial charge in [-0.2, -0.15) is 5.10 Å². The van der Waals surface area contributed by atoms with E-state index in [2.05, 4.69) is 15.8 Å². The number of benzene rings is 2. The van der Waals surface area contributed by atoms with E-state index in [0.717, 1.165) is 47.4 Å². The fraction of sp³-hybridized carbons (Fsp3) is 0.423. The highest BCUT2D eigenvalue weighted by Gasteiger charge is 2.22. The van der Waals surface area contributed by atoms with Crippen molar-refractivity contribution < 1.29 is 22.7 Å². The number of carbonyl (C=O) groups is 2. The fourth-order valence-corrected chi connectivity index (χ4v) is 5.04. The van der Waals surface area contributed by atoms with Crippen LogP contribution >= 0.6 is 0 Å². The van der Waals surface area contributed by atoms with E-state index in [4.69, 9.17) is 4.74 Å². The van der Waals surface area contributed by atoms with Crippen LogP contribution in [-0.4, -0.2) is 51.9 Å². The summed E-state index contributed by atoms with van der Waals surface area (Å²) in [5.41, 5.74) is 5.27. The molecule has 2 aromatic carbocycles. The van der Waals surface area contributed by atoms with Gasteiger partial charge < -0.3 is 10.1 Å². The van der Waals surface area contributed by atoms with Crippen LogP contribution in [0, 0.1) is 13.8 Å². The minimum atomic E-state index is -3.67. The average Bonchev–Trinajstić information content (AvgIpc) is 2.82. The molecule has 1 saturated carbocycles. The van der Waals surface area contributed by atoms with Crippen LogP contribution in [0.15, 0.2) is 47.6 Å². The highest BCUT2D eigenvalue weighted by atomic mass is 32.2. The number of carbonyl (C=O) groups excluding carboxylic acids is 2. The second-order valence-corrected chi connectivity index (χ2v) is 11.0. The van der Waals surface area contributed by atoms with Crippen molar-refractivity contribution in [2.24, 2.45) is 5.10 Å². The van der Waals surface area contributed by atoms with Crippen molar-refractivity contribution in [3.8, 4) is 5.75 Å². The fourth-order valence-electron chi connectivity index (χ4n) is 4.13. The number of ether oxygens (including phenoxy) is 1. The third kappa shape index (κ3) is 8.37. The normalized spacial score (nSPS) is 14.4. The molecule has 9 nitrogen and oxygen atoms in total. The third-order valence-corrected chi connectivity index (χ3v) is 7.06. The van der Waals surface area contributed by atoms with Crippen LogP contribution < -0.4 is 19.8 Å². The van der Waals surface area contributed by atoms with Gasteiger partial charge in [-0.15, -0.1) is 0 Å². The Labute approximate surface area is 213 Å². The number of hydrogen-bond donors (Lipinski definition) is 2. The van der Waals surface area contributed by atoms with Crippen molar-refractivity contribution in [2.75, 3.05) is 23.7 Å². The van der Waals surface area contributed by atoms with Crippen LogP contribution in [0.2, 0.25) is 0 Å². The molecule has 0 atom stereocenters. The summed E-state index contributed by atoms with van der Waals surface area (Å²) >= 11 is 0. The highest BCUT2D eigenvalue weighted by Crippen LogP contribution is 2.23. The van der Waals surface area contributed by atoms with Crippen molar-refractivity contribution in [1.29, 1.82) is 0 Å². The topological polar surface area (TPSA) is 117 Å². The van der Waals surface area contributed by atoms with E-state index in [9.17, 15) is 18.0 Å². The summed E-state index contributed by atoms with van der Waals surface area (Å²) < 4.78 is 31.2. The van der Waals surface area contributed by atoms with Crippen LogP contribution in [-0.2, 0) is 19.6 Å². The first-order chi connectivity index (χ1) is 17.1. The van der Waals surface area contributed by atoms with Crippen molar-refractivity contribution in [3.05, 3.63) is 59.2 Å². The Balaban J connectivity index is 1.49. The van der Waals surface area contributed by atoms with Crippen LogP contribution in [0.25, 0.3) is 0 Å². The van der Waals surface area contributed by atoms with Gasteiger partial charge >= 0.3 is 0 Å². The lowest BCUT2D eigenvalue weighted by Crippen LogP contribution is -2.39. The standard InChI is InChI=1S/C26H34N4O5S/c1-19-9-14-24(20(2)15-19)30(36(3,33)34)17-25(31)29-27-16-21-10-12-23(13-11-21)35-18-26(32)28-22-7-5-4-6-8-22/h9-16,22H,4-8,17-18H2,1-3H3,(H,28,32)(H,29,31)/b27-16-. The zero-order chi connectivity index (χ0) is 26.1. The lowest BCUT2D eigenvalue weighted by molar-refractivity contribution is -0.124. The molecule has 0 heterocycles. The van der Waals surface area contributed by atoms with Gasteiger partial charge in [-0.05, 0) is 68.1 Å². The molecule has 10 heteroatoms. The molecular weight excluding hydrogens is 480 g/mol. The number of hydrazone groups is 1. The van der Waals surface area contributed by atoms with E-state index in [0.29, 0.717) is 17.0 Å². The molecular formula is C26H34N4O5S. The first-order valence-electron chi connectivity index (χ1n) is 12.0. The summed E-state index contributed by atoms with van der Waals surface area (Å²) in [6.07, 6.45) is 8.08. The van der Waals surface area contributed by atoms with Crippen molar-refractivity contribution >= 4 is 33.7 Å². The second kappa shape index (κ2) is 12.5. The van der Waals surface area contributed by atoms with Crippen LogP contribution in [0.5, 0.6) is 5.75 Å². The molecule has 1 aliphatic carbocycles. The molecule has 2 N–H and O–H groups in total. The van der Waals surface area contributed by atoms with Gasteiger partial charge in [0.15, 0.2) is 6.61 Å². The zero-order valence-corrected chi connectivity index (χ0v) is 21.8. The second-order valence-electron chi connectivity index (χ2n) is 9.11. The van der Waals surface area contributed by atoms with Crippen molar-refractivity contribution in [2.45, 2.75) is 52.0 Å². The maximum absolute atomic E-state index is 12.4. The smallest absolute Gasteiger partial charge is 0.260 e. The Morgan fingerprint density at radius 3 is 2.39 bits per heavy atom. The van der Waals surface area contributed by atoms with E-state index in [1.165, 1.54) is 12.6 Å². The van der Waals surface area contributed by atoms with Gasteiger partial charge in [0.1, 0.15) is 12.3 Å². The molecule has 1 aliphatic rings. The molecule has 0 saturated heterocycles. The maximum Gasteiger partial charge on any atom is 0.260 e. The summed E-state index contributed by atoms with van der Waals surface area (Å²) in [5.74, 6) is -0.146. The Morgan fingerprint density at radius 2 is 1.75 bits per heavy atom.